The van der Waals surface area contributed by atoms with Crippen LogP contribution in [0.15, 0.2) is 54.1 Å². The van der Waals surface area contributed by atoms with Gasteiger partial charge in [-0.15, -0.1) is 0 Å². The summed E-state index contributed by atoms with van der Waals surface area (Å²) in [7, 11) is 1.55. The summed E-state index contributed by atoms with van der Waals surface area (Å²) in [6, 6.07) is 16.2. The molecular weight excluding hydrogens is 454 g/mol. The van der Waals surface area contributed by atoms with Gasteiger partial charge in [0.15, 0.2) is 0 Å². The number of rotatable bonds is 11. The number of hydrogen-bond donors (Lipinski definition) is 0. The molecule has 2 aromatic carbocycles. The van der Waals surface area contributed by atoms with Crippen LogP contribution in [-0.2, 0) is 20.7 Å². The summed E-state index contributed by atoms with van der Waals surface area (Å²) in [5.41, 5.74) is 1.76. The first-order valence-electron chi connectivity index (χ1n) is 12.8. The Morgan fingerprint density at radius 3 is 2.28 bits per heavy atom. The molecule has 3 rings (SSSR count). The van der Waals surface area contributed by atoms with Crippen LogP contribution >= 0.6 is 0 Å². The summed E-state index contributed by atoms with van der Waals surface area (Å²) in [4.78, 5) is 25.0. The van der Waals surface area contributed by atoms with Gasteiger partial charge in [0, 0.05) is 0 Å². The van der Waals surface area contributed by atoms with Crippen molar-refractivity contribution in [2.75, 3.05) is 7.11 Å². The fourth-order valence-electron chi connectivity index (χ4n) is 4.40. The number of aryl methyl sites for hydroxylation is 1. The van der Waals surface area contributed by atoms with E-state index in [1.807, 2.05) is 30.3 Å². The summed E-state index contributed by atoms with van der Waals surface area (Å²) in [6.45, 7) is 2.11. The third-order valence-electron chi connectivity index (χ3n) is 6.49. The second kappa shape index (κ2) is 14.1. The summed E-state index contributed by atoms with van der Waals surface area (Å²) >= 11 is 0. The van der Waals surface area contributed by atoms with E-state index in [2.05, 4.69) is 6.92 Å². The van der Waals surface area contributed by atoms with Crippen LogP contribution in [0.4, 0.5) is 0 Å². The predicted octanol–water partition coefficient (Wildman–Crippen LogP) is 6.43. The Kier molecular flexibility index (Phi) is 10.6. The van der Waals surface area contributed by atoms with Gasteiger partial charge in [0.2, 0.25) is 0 Å². The Hall–Kier alpha value is -3.59. The third kappa shape index (κ3) is 8.27. The van der Waals surface area contributed by atoms with Crippen molar-refractivity contribution in [2.45, 2.75) is 70.8 Å². The first-order valence-corrected chi connectivity index (χ1v) is 12.8. The summed E-state index contributed by atoms with van der Waals surface area (Å²) < 4.78 is 16.3. The van der Waals surface area contributed by atoms with E-state index < -0.39 is 5.97 Å². The Morgan fingerprint density at radius 1 is 1.00 bits per heavy atom. The zero-order valence-corrected chi connectivity index (χ0v) is 21.2. The Bertz CT molecular complexity index is 1060. The van der Waals surface area contributed by atoms with Crippen LogP contribution < -0.4 is 9.47 Å². The van der Waals surface area contributed by atoms with E-state index in [1.54, 1.807) is 31.4 Å². The summed E-state index contributed by atoms with van der Waals surface area (Å²) in [6.07, 6.45) is 10.2. The quantitative estimate of drug-likeness (QED) is 0.156. The highest BCUT2D eigenvalue weighted by Gasteiger charge is 2.25. The van der Waals surface area contributed by atoms with Gasteiger partial charge in [0.05, 0.1) is 13.0 Å². The number of esters is 2. The average Bonchev–Trinajstić information content (AvgIpc) is 2.92. The topological polar surface area (TPSA) is 85.6 Å². The fourth-order valence-corrected chi connectivity index (χ4v) is 4.40. The molecule has 0 bridgehead atoms. The normalized spacial score (nSPS) is 15.0. The van der Waals surface area contributed by atoms with E-state index in [1.165, 1.54) is 12.5 Å². The SMILES string of the molecule is CCCC(CCc1ccc(C=C(C#N)C(=O)Oc2ccc(OC)cc2)cc1)OC(=O)C1CCCCC1. The number of hydrogen-bond acceptors (Lipinski definition) is 6. The molecule has 1 atom stereocenters. The number of carbonyl (C=O) groups excluding carboxylic acids is 2. The van der Waals surface area contributed by atoms with Gasteiger partial charge in [-0.25, -0.2) is 4.79 Å². The number of methoxy groups -OCH3 is 1. The number of nitrogens with zero attached hydrogens (tertiary/aromatic N) is 1. The molecule has 1 fully saturated rings. The first-order chi connectivity index (χ1) is 17.5. The van der Waals surface area contributed by atoms with Crippen molar-refractivity contribution < 1.29 is 23.8 Å². The van der Waals surface area contributed by atoms with E-state index >= 15 is 0 Å². The summed E-state index contributed by atoms with van der Waals surface area (Å²) in [5.74, 6) is 0.306. The molecule has 190 valence electrons. The second-order valence-corrected chi connectivity index (χ2v) is 9.20. The highest BCUT2D eigenvalue weighted by Crippen LogP contribution is 2.26. The number of carbonyl (C=O) groups is 2. The smallest absolute Gasteiger partial charge is 0.354 e. The van der Waals surface area contributed by atoms with Crippen LogP contribution in [0.5, 0.6) is 11.5 Å². The molecule has 0 heterocycles. The molecule has 6 heteroatoms. The maximum Gasteiger partial charge on any atom is 0.354 e. The molecule has 0 radical (unpaired) electrons. The molecule has 0 aliphatic heterocycles. The van der Waals surface area contributed by atoms with Crippen molar-refractivity contribution in [3.8, 4) is 17.6 Å². The van der Waals surface area contributed by atoms with Gasteiger partial charge < -0.3 is 14.2 Å². The molecule has 1 aliphatic rings. The molecule has 36 heavy (non-hydrogen) atoms. The van der Waals surface area contributed by atoms with Crippen molar-refractivity contribution in [1.82, 2.24) is 0 Å². The maximum atomic E-state index is 12.6. The molecule has 0 amide bonds. The fraction of sp³-hybridized carbons (Fsp3) is 0.433. The molecule has 0 N–H and O–H groups in total. The van der Waals surface area contributed by atoms with E-state index in [9.17, 15) is 14.9 Å². The van der Waals surface area contributed by atoms with Crippen LogP contribution in [0, 0.1) is 17.2 Å². The lowest BCUT2D eigenvalue weighted by Gasteiger charge is -2.24. The largest absolute Gasteiger partial charge is 0.497 e. The Morgan fingerprint density at radius 2 is 1.67 bits per heavy atom. The molecule has 2 aromatic rings. The average molecular weight is 490 g/mol. The molecule has 0 aromatic heterocycles. The lowest BCUT2D eigenvalue weighted by atomic mass is 9.89. The zero-order chi connectivity index (χ0) is 25.8. The van der Waals surface area contributed by atoms with Gasteiger partial charge in [-0.1, -0.05) is 56.9 Å². The zero-order valence-electron chi connectivity index (χ0n) is 21.2. The van der Waals surface area contributed by atoms with Crippen molar-refractivity contribution in [1.29, 1.82) is 5.26 Å². The van der Waals surface area contributed by atoms with Gasteiger partial charge in [-0.3, -0.25) is 4.79 Å². The van der Waals surface area contributed by atoms with Crippen molar-refractivity contribution >= 4 is 18.0 Å². The van der Waals surface area contributed by atoms with Crippen molar-refractivity contribution in [2.24, 2.45) is 5.92 Å². The molecule has 6 nitrogen and oxygen atoms in total. The molecule has 1 unspecified atom stereocenters. The van der Waals surface area contributed by atoms with Gasteiger partial charge in [0.25, 0.3) is 0 Å². The van der Waals surface area contributed by atoms with Crippen LogP contribution in [0.25, 0.3) is 6.08 Å². The number of ether oxygens (including phenoxy) is 3. The van der Waals surface area contributed by atoms with E-state index in [4.69, 9.17) is 14.2 Å². The molecule has 0 spiro atoms. The monoisotopic (exact) mass is 489 g/mol. The number of benzene rings is 2. The van der Waals surface area contributed by atoms with E-state index in [-0.39, 0.29) is 23.6 Å². The maximum absolute atomic E-state index is 12.6. The van der Waals surface area contributed by atoms with Crippen LogP contribution in [0.2, 0.25) is 0 Å². The lowest BCUT2D eigenvalue weighted by Crippen LogP contribution is -2.26. The molecular formula is C30H35NO5. The van der Waals surface area contributed by atoms with Crippen molar-refractivity contribution in [3.05, 3.63) is 65.2 Å². The van der Waals surface area contributed by atoms with E-state index in [0.29, 0.717) is 11.5 Å². The highest BCUT2D eigenvalue weighted by atomic mass is 16.5. The molecule has 1 aliphatic carbocycles. The first kappa shape index (κ1) is 27.0. The van der Waals surface area contributed by atoms with Gasteiger partial charge in [0.1, 0.15) is 29.2 Å². The van der Waals surface area contributed by atoms with Crippen molar-refractivity contribution in [3.63, 3.8) is 0 Å². The Labute approximate surface area is 213 Å². The molecule has 1 saturated carbocycles. The minimum Gasteiger partial charge on any atom is -0.497 e. The van der Waals surface area contributed by atoms with Crippen LogP contribution in [-0.4, -0.2) is 25.2 Å². The van der Waals surface area contributed by atoms with Crippen LogP contribution in [0.3, 0.4) is 0 Å². The summed E-state index contributed by atoms with van der Waals surface area (Å²) in [5, 5.41) is 9.45. The van der Waals surface area contributed by atoms with Gasteiger partial charge in [-0.2, -0.15) is 5.26 Å². The lowest BCUT2D eigenvalue weighted by molar-refractivity contribution is -0.155. The number of nitriles is 1. The Balaban J connectivity index is 1.55. The second-order valence-electron chi connectivity index (χ2n) is 9.20. The van der Waals surface area contributed by atoms with E-state index in [0.717, 1.165) is 62.5 Å². The third-order valence-corrected chi connectivity index (χ3v) is 6.49. The standard InChI is InChI=1S/C30H35NO5/c1-3-7-27(35-29(32)24-8-5-4-6-9-24)15-14-22-10-12-23(13-11-22)20-25(21-31)30(33)36-28-18-16-26(34-2)17-19-28/h10-13,16-20,24,27H,3-9,14-15H2,1-2H3. The van der Waals surface area contributed by atoms with Gasteiger partial charge >= 0.3 is 11.9 Å². The minimum atomic E-state index is -0.714. The van der Waals surface area contributed by atoms with Gasteiger partial charge in [-0.05, 0) is 73.6 Å². The molecule has 0 saturated heterocycles. The highest BCUT2D eigenvalue weighted by molar-refractivity contribution is 5.99. The predicted molar refractivity (Wildman–Crippen MR) is 138 cm³/mol. The van der Waals surface area contributed by atoms with Crippen LogP contribution in [0.1, 0.15) is 69.4 Å². The minimum absolute atomic E-state index is 0.0285.